The molecule has 0 atom stereocenters. The molecule has 4 aromatic rings. The van der Waals surface area contributed by atoms with Gasteiger partial charge < -0.3 is 0 Å². The second kappa shape index (κ2) is 7.56. The highest BCUT2D eigenvalue weighted by Crippen LogP contribution is 2.48. The van der Waals surface area contributed by atoms with E-state index in [9.17, 15) is 0 Å². The molecule has 4 rings (SSSR count). The maximum atomic E-state index is 5.38. The van der Waals surface area contributed by atoms with Crippen molar-refractivity contribution < 1.29 is 0 Å². The van der Waals surface area contributed by atoms with Crippen molar-refractivity contribution in [1.82, 2.24) is 0 Å². The standard InChI is InChI=1S/C24H19NP/c1-5-13-21(14-6-1)25-26(22-15-7-2-8-16-22,23-17-9-3-10-18-23)24-19-11-4-12-20-24/h1-19H. The zero-order valence-corrected chi connectivity index (χ0v) is 15.3. The fourth-order valence-electron chi connectivity index (χ4n) is 3.14. The van der Waals surface area contributed by atoms with Crippen LogP contribution in [0.2, 0.25) is 0 Å². The fourth-order valence-corrected chi connectivity index (χ4v) is 6.58. The zero-order chi connectivity index (χ0) is 17.7. The molecule has 0 saturated carbocycles. The molecule has 0 spiro atoms. The van der Waals surface area contributed by atoms with Gasteiger partial charge >= 0.3 is 0 Å². The lowest BCUT2D eigenvalue weighted by Gasteiger charge is -2.26. The van der Waals surface area contributed by atoms with Gasteiger partial charge in [0.15, 0.2) is 0 Å². The second-order valence-electron chi connectivity index (χ2n) is 5.99. The Labute approximate surface area is 155 Å². The Balaban J connectivity index is 2.13. The minimum Gasteiger partial charge on any atom is -0.254 e. The molecule has 0 aromatic heterocycles. The van der Waals surface area contributed by atoms with Crippen LogP contribution < -0.4 is 15.9 Å². The summed E-state index contributed by atoms with van der Waals surface area (Å²) in [6.45, 7) is 0. The Morgan fingerprint density at radius 1 is 0.538 bits per heavy atom. The highest BCUT2D eigenvalue weighted by atomic mass is 31.2. The quantitative estimate of drug-likeness (QED) is 0.442. The van der Waals surface area contributed by atoms with Crippen LogP contribution in [0, 0.1) is 6.07 Å². The van der Waals surface area contributed by atoms with Gasteiger partial charge in [0.05, 0.1) is 12.7 Å². The third kappa shape index (κ3) is 3.14. The van der Waals surface area contributed by atoms with E-state index in [-0.39, 0.29) is 0 Å². The van der Waals surface area contributed by atoms with Gasteiger partial charge in [-0.25, -0.2) is 0 Å². The predicted octanol–water partition coefficient (Wildman–Crippen LogP) is 5.30. The van der Waals surface area contributed by atoms with Crippen molar-refractivity contribution in [3.05, 3.63) is 121 Å². The lowest BCUT2D eigenvalue weighted by Crippen LogP contribution is -2.25. The summed E-state index contributed by atoms with van der Waals surface area (Å²) in [5, 5.41) is 3.61. The van der Waals surface area contributed by atoms with Crippen LogP contribution in [0.3, 0.4) is 0 Å². The van der Waals surface area contributed by atoms with Crippen molar-refractivity contribution in [3.63, 3.8) is 0 Å². The number of hydrogen-bond donors (Lipinski definition) is 0. The molecule has 0 aliphatic carbocycles. The van der Waals surface area contributed by atoms with Crippen LogP contribution in [0.25, 0.3) is 0 Å². The van der Waals surface area contributed by atoms with E-state index < -0.39 is 7.05 Å². The third-order valence-electron chi connectivity index (χ3n) is 4.32. The molecular formula is C24H19NP. The first-order chi connectivity index (χ1) is 12.9. The highest BCUT2D eigenvalue weighted by Gasteiger charge is 2.27. The van der Waals surface area contributed by atoms with Crippen LogP contribution in [0.5, 0.6) is 0 Å². The summed E-state index contributed by atoms with van der Waals surface area (Å²) in [7, 11) is -2.21. The summed E-state index contributed by atoms with van der Waals surface area (Å²) in [6, 6.07) is 43.2. The lowest BCUT2D eigenvalue weighted by molar-refractivity contribution is 1.55. The van der Waals surface area contributed by atoms with Crippen molar-refractivity contribution in [2.45, 2.75) is 0 Å². The van der Waals surface area contributed by atoms with Crippen molar-refractivity contribution in [2.75, 3.05) is 0 Å². The van der Waals surface area contributed by atoms with E-state index >= 15 is 0 Å². The van der Waals surface area contributed by atoms with Crippen LogP contribution in [0.1, 0.15) is 0 Å². The predicted molar refractivity (Wildman–Crippen MR) is 113 cm³/mol. The average Bonchev–Trinajstić information content (AvgIpc) is 2.75. The largest absolute Gasteiger partial charge is 0.254 e. The molecule has 0 aliphatic heterocycles. The monoisotopic (exact) mass is 352 g/mol. The second-order valence-corrected chi connectivity index (χ2v) is 8.98. The van der Waals surface area contributed by atoms with Gasteiger partial charge in [0.2, 0.25) is 0 Å². The van der Waals surface area contributed by atoms with Gasteiger partial charge in [-0.3, -0.25) is 4.74 Å². The normalized spacial score (nSPS) is 11.1. The van der Waals surface area contributed by atoms with Crippen molar-refractivity contribution in [2.24, 2.45) is 4.74 Å². The topological polar surface area (TPSA) is 12.4 Å². The lowest BCUT2D eigenvalue weighted by atomic mass is 10.3. The SMILES string of the molecule is [c]1ccccc1P(=Nc1ccccc1)(c1ccccc1)c1ccccc1. The van der Waals surface area contributed by atoms with Gasteiger partial charge in [-0.15, -0.1) is 0 Å². The molecular weight excluding hydrogens is 333 g/mol. The smallest absolute Gasteiger partial charge is 0.0625 e. The average molecular weight is 352 g/mol. The zero-order valence-electron chi connectivity index (χ0n) is 14.4. The van der Waals surface area contributed by atoms with Gasteiger partial charge in [0.1, 0.15) is 0 Å². The fraction of sp³-hybridized carbons (Fsp3) is 0. The van der Waals surface area contributed by atoms with E-state index in [1.807, 2.05) is 30.3 Å². The van der Waals surface area contributed by atoms with Crippen LogP contribution >= 0.6 is 7.05 Å². The van der Waals surface area contributed by atoms with E-state index in [0.717, 1.165) is 11.0 Å². The van der Waals surface area contributed by atoms with Crippen molar-refractivity contribution in [3.8, 4) is 0 Å². The maximum absolute atomic E-state index is 5.38. The number of nitrogens with zero attached hydrogens (tertiary/aromatic N) is 1. The van der Waals surface area contributed by atoms with E-state index in [2.05, 4.69) is 91.0 Å². The molecule has 1 radical (unpaired) electrons. The Kier molecular flexibility index (Phi) is 4.82. The molecule has 1 nitrogen and oxygen atoms in total. The Morgan fingerprint density at radius 2 is 1.04 bits per heavy atom. The molecule has 0 fully saturated rings. The molecule has 125 valence electrons. The molecule has 0 aliphatic rings. The first-order valence-electron chi connectivity index (χ1n) is 8.65. The Hall–Kier alpha value is -2.89. The molecule has 2 heteroatoms. The van der Waals surface area contributed by atoms with Gasteiger partial charge in [0, 0.05) is 15.9 Å². The van der Waals surface area contributed by atoms with Gasteiger partial charge in [-0.05, 0) is 18.2 Å². The first kappa shape index (κ1) is 16.6. The Morgan fingerprint density at radius 3 is 1.54 bits per heavy atom. The minimum atomic E-state index is -2.21. The highest BCUT2D eigenvalue weighted by molar-refractivity contribution is 7.87. The Bertz CT molecular complexity index is 907. The molecule has 0 saturated heterocycles. The van der Waals surface area contributed by atoms with E-state index in [1.165, 1.54) is 10.6 Å². The van der Waals surface area contributed by atoms with E-state index in [0.29, 0.717) is 0 Å². The third-order valence-corrected chi connectivity index (χ3v) is 7.92. The van der Waals surface area contributed by atoms with Crippen LogP contribution in [0.15, 0.2) is 120 Å². The summed E-state index contributed by atoms with van der Waals surface area (Å²) in [6.07, 6.45) is 0. The molecule has 0 amide bonds. The molecule has 0 unspecified atom stereocenters. The molecule has 26 heavy (non-hydrogen) atoms. The molecule has 0 N–H and O–H groups in total. The van der Waals surface area contributed by atoms with Gasteiger partial charge in [-0.1, -0.05) is 103 Å². The number of benzene rings is 4. The van der Waals surface area contributed by atoms with Gasteiger partial charge in [0.25, 0.3) is 0 Å². The molecule has 4 aromatic carbocycles. The van der Waals surface area contributed by atoms with Crippen LogP contribution in [-0.4, -0.2) is 0 Å². The summed E-state index contributed by atoms with van der Waals surface area (Å²) in [5.41, 5.74) is 0.991. The minimum absolute atomic E-state index is 0.991. The molecule has 0 bridgehead atoms. The molecule has 0 heterocycles. The number of hydrogen-bond acceptors (Lipinski definition) is 1. The van der Waals surface area contributed by atoms with Crippen LogP contribution in [-0.2, 0) is 0 Å². The van der Waals surface area contributed by atoms with Crippen molar-refractivity contribution >= 4 is 28.7 Å². The van der Waals surface area contributed by atoms with Crippen molar-refractivity contribution in [1.29, 1.82) is 0 Å². The summed E-state index contributed by atoms with van der Waals surface area (Å²) >= 11 is 0. The van der Waals surface area contributed by atoms with E-state index in [4.69, 9.17) is 4.74 Å². The summed E-state index contributed by atoms with van der Waals surface area (Å²) in [4.78, 5) is 0. The van der Waals surface area contributed by atoms with Gasteiger partial charge in [-0.2, -0.15) is 0 Å². The first-order valence-corrected chi connectivity index (χ1v) is 10.4. The van der Waals surface area contributed by atoms with Crippen LogP contribution in [0.4, 0.5) is 5.69 Å². The summed E-state index contributed by atoms with van der Waals surface area (Å²) in [5.74, 6) is 0. The summed E-state index contributed by atoms with van der Waals surface area (Å²) < 4.78 is 5.38. The van der Waals surface area contributed by atoms with E-state index in [1.54, 1.807) is 0 Å². The number of rotatable bonds is 4. The maximum Gasteiger partial charge on any atom is 0.0625 e.